The van der Waals surface area contributed by atoms with E-state index in [1.807, 2.05) is 25.7 Å². The molecule has 2 bridgehead atoms. The second-order valence-electron chi connectivity index (χ2n) is 7.44. The molecule has 2 aliphatic heterocycles. The molecule has 23 heavy (non-hydrogen) atoms. The average Bonchev–Trinajstić information content (AvgIpc) is 2.72. The quantitative estimate of drug-likeness (QED) is 0.883. The maximum Gasteiger partial charge on any atom is 0.410 e. The molecule has 2 aliphatic rings. The Labute approximate surface area is 142 Å². The van der Waals surface area contributed by atoms with E-state index in [0.717, 1.165) is 31.4 Å². The van der Waals surface area contributed by atoms with Crippen LogP contribution in [-0.2, 0) is 4.74 Å². The van der Waals surface area contributed by atoms with Crippen LogP contribution in [0, 0.1) is 0 Å². The molecule has 6 heteroatoms. The summed E-state index contributed by atoms with van der Waals surface area (Å²) in [5.74, 6) is 0. The predicted octanol–water partition coefficient (Wildman–Crippen LogP) is 4.08. The largest absolute Gasteiger partial charge is 0.444 e. The number of aromatic nitrogens is 1. The van der Waals surface area contributed by atoms with Crippen LogP contribution in [0.2, 0.25) is 5.02 Å². The predicted molar refractivity (Wildman–Crippen MR) is 90.8 cm³/mol. The van der Waals surface area contributed by atoms with E-state index in [0.29, 0.717) is 11.1 Å². The smallest absolute Gasteiger partial charge is 0.410 e. The van der Waals surface area contributed by atoms with Gasteiger partial charge in [0.2, 0.25) is 0 Å². The van der Waals surface area contributed by atoms with Crippen molar-refractivity contribution < 1.29 is 9.53 Å². The molecule has 0 radical (unpaired) electrons. The molecule has 0 spiro atoms. The lowest BCUT2D eigenvalue weighted by Crippen LogP contribution is -2.51. The standard InChI is InChI=1S/C17H24ClN3O2/c1-17(2,3)23-16(22)21-12-4-5-13(21)9-11(8-12)20-15-10-19-7-6-14(15)18/h6-7,10-13,20H,4-5,8-9H2,1-3H3. The monoisotopic (exact) mass is 337 g/mol. The van der Waals surface area contributed by atoms with E-state index in [1.54, 1.807) is 18.5 Å². The first-order chi connectivity index (χ1) is 10.8. The van der Waals surface area contributed by atoms with Gasteiger partial charge in [-0.2, -0.15) is 0 Å². The minimum absolute atomic E-state index is 0.178. The van der Waals surface area contributed by atoms with Gasteiger partial charge in [-0.15, -0.1) is 0 Å². The van der Waals surface area contributed by atoms with Crippen LogP contribution in [0.4, 0.5) is 10.5 Å². The Balaban J connectivity index is 1.65. The summed E-state index contributed by atoms with van der Waals surface area (Å²) < 4.78 is 5.57. The summed E-state index contributed by atoms with van der Waals surface area (Å²) in [6.45, 7) is 5.72. The molecule has 3 rings (SSSR count). The summed E-state index contributed by atoms with van der Waals surface area (Å²) >= 11 is 6.20. The number of piperidine rings is 1. The van der Waals surface area contributed by atoms with Crippen molar-refractivity contribution in [2.24, 2.45) is 0 Å². The van der Waals surface area contributed by atoms with Gasteiger partial charge < -0.3 is 15.0 Å². The van der Waals surface area contributed by atoms with Gasteiger partial charge >= 0.3 is 6.09 Å². The Morgan fingerprint density at radius 3 is 2.57 bits per heavy atom. The molecule has 0 aromatic carbocycles. The first kappa shape index (κ1) is 16.4. The van der Waals surface area contributed by atoms with Crippen molar-refractivity contribution in [2.75, 3.05) is 5.32 Å². The van der Waals surface area contributed by atoms with Crippen molar-refractivity contribution in [2.45, 2.75) is 70.2 Å². The molecule has 2 atom stereocenters. The third-order valence-corrected chi connectivity index (χ3v) is 4.79. The van der Waals surface area contributed by atoms with E-state index in [-0.39, 0.29) is 18.2 Å². The van der Waals surface area contributed by atoms with Crippen LogP contribution >= 0.6 is 11.6 Å². The number of fused-ring (bicyclic) bond motifs is 2. The van der Waals surface area contributed by atoms with Crippen LogP contribution in [0.3, 0.4) is 0 Å². The van der Waals surface area contributed by atoms with Crippen LogP contribution in [0.1, 0.15) is 46.5 Å². The van der Waals surface area contributed by atoms with E-state index in [4.69, 9.17) is 16.3 Å². The molecule has 1 N–H and O–H groups in total. The molecule has 0 saturated carbocycles. The van der Waals surface area contributed by atoms with Gasteiger partial charge in [0.25, 0.3) is 0 Å². The molecule has 5 nitrogen and oxygen atoms in total. The van der Waals surface area contributed by atoms with E-state index in [2.05, 4.69) is 10.3 Å². The van der Waals surface area contributed by atoms with Crippen LogP contribution in [-0.4, -0.2) is 39.7 Å². The lowest BCUT2D eigenvalue weighted by Gasteiger charge is -2.40. The number of pyridine rings is 1. The molecule has 3 heterocycles. The first-order valence-corrected chi connectivity index (χ1v) is 8.58. The maximum atomic E-state index is 12.4. The summed E-state index contributed by atoms with van der Waals surface area (Å²) in [5.41, 5.74) is 0.416. The van der Waals surface area contributed by atoms with Crippen molar-refractivity contribution in [3.63, 3.8) is 0 Å². The second-order valence-corrected chi connectivity index (χ2v) is 7.85. The van der Waals surface area contributed by atoms with Gasteiger partial charge in [-0.25, -0.2) is 4.79 Å². The molecule has 2 fully saturated rings. The second kappa shape index (κ2) is 6.19. The zero-order valence-electron chi connectivity index (χ0n) is 13.9. The van der Waals surface area contributed by atoms with Crippen molar-refractivity contribution in [1.29, 1.82) is 0 Å². The fraction of sp³-hybridized carbons (Fsp3) is 0.647. The summed E-state index contributed by atoms with van der Waals surface area (Å²) in [6, 6.07) is 2.59. The zero-order valence-corrected chi connectivity index (χ0v) is 14.6. The minimum atomic E-state index is -0.450. The van der Waals surface area contributed by atoms with Gasteiger partial charge in [0, 0.05) is 24.3 Å². The van der Waals surface area contributed by atoms with Crippen molar-refractivity contribution in [3.8, 4) is 0 Å². The van der Waals surface area contributed by atoms with Gasteiger partial charge in [0.1, 0.15) is 5.60 Å². The van der Waals surface area contributed by atoms with Crippen molar-refractivity contribution in [3.05, 3.63) is 23.5 Å². The van der Waals surface area contributed by atoms with Gasteiger partial charge in [-0.3, -0.25) is 4.98 Å². The molecule has 1 aromatic heterocycles. The Bertz CT molecular complexity index is 573. The highest BCUT2D eigenvalue weighted by atomic mass is 35.5. The molecule has 126 valence electrons. The number of carbonyl (C=O) groups is 1. The lowest BCUT2D eigenvalue weighted by molar-refractivity contribution is 0.00683. The van der Waals surface area contributed by atoms with E-state index >= 15 is 0 Å². The van der Waals surface area contributed by atoms with Crippen molar-refractivity contribution >= 4 is 23.4 Å². The number of ether oxygens (including phenoxy) is 1. The summed E-state index contributed by atoms with van der Waals surface area (Å²) in [4.78, 5) is 18.5. The third-order valence-electron chi connectivity index (χ3n) is 4.46. The Morgan fingerprint density at radius 1 is 1.35 bits per heavy atom. The zero-order chi connectivity index (χ0) is 16.6. The molecule has 2 unspecified atom stereocenters. The van der Waals surface area contributed by atoms with Gasteiger partial charge in [0.15, 0.2) is 0 Å². The molecule has 1 aromatic rings. The minimum Gasteiger partial charge on any atom is -0.444 e. The maximum absolute atomic E-state index is 12.4. The molecule has 0 aliphatic carbocycles. The van der Waals surface area contributed by atoms with Crippen LogP contribution < -0.4 is 5.32 Å². The lowest BCUT2D eigenvalue weighted by atomic mass is 9.97. The van der Waals surface area contributed by atoms with Gasteiger partial charge in [-0.1, -0.05) is 11.6 Å². The number of carbonyl (C=O) groups excluding carboxylic acids is 1. The molecular weight excluding hydrogens is 314 g/mol. The molecule has 1 amide bonds. The number of anilines is 1. The van der Waals surface area contributed by atoms with E-state index in [1.165, 1.54) is 0 Å². The van der Waals surface area contributed by atoms with Crippen LogP contribution in [0.15, 0.2) is 18.5 Å². The number of amides is 1. The Kier molecular flexibility index (Phi) is 4.41. The number of rotatable bonds is 2. The summed E-state index contributed by atoms with van der Waals surface area (Å²) in [6.07, 6.45) is 7.18. The fourth-order valence-electron chi connectivity index (χ4n) is 3.61. The fourth-order valence-corrected chi connectivity index (χ4v) is 3.77. The first-order valence-electron chi connectivity index (χ1n) is 8.21. The number of hydrogen-bond acceptors (Lipinski definition) is 4. The molecule has 2 saturated heterocycles. The summed E-state index contributed by atoms with van der Waals surface area (Å²) in [5, 5.41) is 4.17. The van der Waals surface area contributed by atoms with Gasteiger partial charge in [-0.05, 0) is 52.5 Å². The highest BCUT2D eigenvalue weighted by molar-refractivity contribution is 6.33. The van der Waals surface area contributed by atoms with Crippen LogP contribution in [0.5, 0.6) is 0 Å². The molecular formula is C17H24ClN3O2. The highest BCUT2D eigenvalue weighted by Gasteiger charge is 2.44. The van der Waals surface area contributed by atoms with E-state index in [9.17, 15) is 4.79 Å². The number of nitrogens with one attached hydrogen (secondary N) is 1. The van der Waals surface area contributed by atoms with E-state index < -0.39 is 5.60 Å². The SMILES string of the molecule is CC(C)(C)OC(=O)N1C2CCC1CC(Nc1cnccc1Cl)C2. The highest BCUT2D eigenvalue weighted by Crippen LogP contribution is 2.38. The number of halogens is 1. The average molecular weight is 338 g/mol. The number of hydrogen-bond donors (Lipinski definition) is 1. The topological polar surface area (TPSA) is 54.5 Å². The number of nitrogens with zero attached hydrogens (tertiary/aromatic N) is 2. The normalized spacial score (nSPS) is 27.0. The van der Waals surface area contributed by atoms with Gasteiger partial charge in [0.05, 0.1) is 16.9 Å². The Morgan fingerprint density at radius 2 is 2.00 bits per heavy atom. The summed E-state index contributed by atoms with van der Waals surface area (Å²) in [7, 11) is 0. The Hall–Kier alpha value is -1.49. The third kappa shape index (κ3) is 3.71. The van der Waals surface area contributed by atoms with Crippen molar-refractivity contribution in [1.82, 2.24) is 9.88 Å². The van der Waals surface area contributed by atoms with Crippen LogP contribution in [0.25, 0.3) is 0 Å².